The Bertz CT molecular complexity index is 564. The van der Waals surface area contributed by atoms with Crippen LogP contribution in [0.5, 0.6) is 0 Å². The first-order valence-electron chi connectivity index (χ1n) is 5.15. The Morgan fingerprint density at radius 3 is 2.32 bits per heavy atom. The van der Waals surface area contributed by atoms with Crippen molar-refractivity contribution in [3.63, 3.8) is 0 Å². The maximum Gasteiger partial charge on any atom is 0.312 e. The minimum Gasteiger partial charge on any atom is -0.358 e. The van der Waals surface area contributed by atoms with Gasteiger partial charge in [-0.3, -0.25) is 0 Å². The zero-order valence-corrected chi connectivity index (χ0v) is 11.3. The molecule has 0 radical (unpaired) electrons. The molecule has 0 unspecified atom stereocenters. The van der Waals surface area contributed by atoms with E-state index in [2.05, 4.69) is 10.6 Å². The van der Waals surface area contributed by atoms with Crippen LogP contribution in [0.15, 0.2) is 42.5 Å². The van der Waals surface area contributed by atoms with Crippen LogP contribution in [-0.4, -0.2) is 6.03 Å². The van der Waals surface area contributed by atoms with E-state index in [4.69, 9.17) is 0 Å². The van der Waals surface area contributed by atoms with E-state index in [1.807, 2.05) is 6.07 Å². The minimum absolute atomic E-state index is 0. The molecular formula is C13H9F2N2OTi-. The number of amides is 2. The number of urea groups is 1. The van der Waals surface area contributed by atoms with Crippen LogP contribution in [0.3, 0.4) is 0 Å². The van der Waals surface area contributed by atoms with Gasteiger partial charge in [-0.25, -0.2) is 13.6 Å². The molecule has 2 aromatic carbocycles. The first-order valence-corrected chi connectivity index (χ1v) is 5.15. The van der Waals surface area contributed by atoms with E-state index in [1.54, 1.807) is 30.3 Å². The number of carbonyl (C=O) groups is 1. The summed E-state index contributed by atoms with van der Waals surface area (Å²) < 4.78 is 25.8. The van der Waals surface area contributed by atoms with Crippen molar-refractivity contribution < 1.29 is 35.3 Å². The van der Waals surface area contributed by atoms with E-state index in [1.165, 1.54) is 0 Å². The molecule has 96 valence electrons. The summed E-state index contributed by atoms with van der Waals surface area (Å²) in [6.07, 6.45) is 0. The molecule has 6 heteroatoms. The molecule has 0 aliphatic heterocycles. The van der Waals surface area contributed by atoms with Crippen molar-refractivity contribution in [3.05, 3.63) is 60.2 Å². The number of hydrogen-bond acceptors (Lipinski definition) is 1. The maximum absolute atomic E-state index is 13.2. The molecule has 2 rings (SSSR count). The van der Waals surface area contributed by atoms with Gasteiger partial charge < -0.3 is 10.6 Å². The van der Waals surface area contributed by atoms with Crippen LogP contribution in [0.2, 0.25) is 0 Å². The number of hydrogen-bond donors (Lipinski definition) is 2. The van der Waals surface area contributed by atoms with Gasteiger partial charge in [-0.05, 0) is 17.8 Å². The third kappa shape index (κ3) is 4.46. The van der Waals surface area contributed by atoms with Gasteiger partial charge in [0.2, 0.25) is 0 Å². The number of anilines is 2. The average Bonchev–Trinajstić information content (AvgIpc) is 2.34. The van der Waals surface area contributed by atoms with Gasteiger partial charge in [0.25, 0.3) is 0 Å². The normalized spacial score (nSPS) is 9.37. The molecule has 0 saturated carbocycles. The van der Waals surface area contributed by atoms with Crippen LogP contribution >= 0.6 is 0 Å². The van der Waals surface area contributed by atoms with Gasteiger partial charge >= 0.3 is 6.03 Å². The van der Waals surface area contributed by atoms with E-state index in [0.717, 1.165) is 12.1 Å². The second-order valence-electron chi connectivity index (χ2n) is 3.48. The molecule has 0 saturated heterocycles. The predicted molar refractivity (Wildman–Crippen MR) is 64.3 cm³/mol. The Morgan fingerprint density at radius 2 is 1.68 bits per heavy atom. The molecule has 2 aromatic rings. The first kappa shape index (κ1) is 15.3. The molecule has 0 aliphatic rings. The molecule has 0 spiro atoms. The summed E-state index contributed by atoms with van der Waals surface area (Å²) in [5, 5.41) is 4.77. The summed E-state index contributed by atoms with van der Waals surface area (Å²) in [7, 11) is 0. The molecular weight excluding hydrogens is 286 g/mol. The van der Waals surface area contributed by atoms with Crippen molar-refractivity contribution >= 4 is 17.4 Å². The third-order valence-corrected chi connectivity index (χ3v) is 2.14. The van der Waals surface area contributed by atoms with Gasteiger partial charge in [-0.2, -0.15) is 0 Å². The smallest absolute Gasteiger partial charge is 0.312 e. The predicted octanol–water partition coefficient (Wildman–Crippen LogP) is 3.41. The van der Waals surface area contributed by atoms with Crippen molar-refractivity contribution in [1.82, 2.24) is 0 Å². The molecule has 0 heterocycles. The van der Waals surface area contributed by atoms with Crippen LogP contribution in [0.25, 0.3) is 0 Å². The SMILES string of the molecule is O=C(Nc1ccccc1)Nc1ccc(F)[c-]c1F.[Ti]. The van der Waals surface area contributed by atoms with Crippen LogP contribution in [0, 0.1) is 17.7 Å². The van der Waals surface area contributed by atoms with Gasteiger partial charge in [0, 0.05) is 39.0 Å². The van der Waals surface area contributed by atoms with Gasteiger partial charge in [-0.1, -0.05) is 18.2 Å². The second kappa shape index (κ2) is 7.02. The number of halogens is 2. The number of nitrogens with one attached hydrogen (secondary N) is 2. The van der Waals surface area contributed by atoms with E-state index in [9.17, 15) is 13.6 Å². The van der Waals surface area contributed by atoms with Crippen molar-refractivity contribution in [1.29, 1.82) is 0 Å². The van der Waals surface area contributed by atoms with Crippen molar-refractivity contribution in [2.75, 3.05) is 10.6 Å². The number of para-hydroxylation sites is 1. The Morgan fingerprint density at radius 1 is 1.00 bits per heavy atom. The Hall–Kier alpha value is -1.72. The van der Waals surface area contributed by atoms with E-state index in [-0.39, 0.29) is 27.4 Å². The van der Waals surface area contributed by atoms with E-state index >= 15 is 0 Å². The van der Waals surface area contributed by atoms with Crippen molar-refractivity contribution in [2.24, 2.45) is 0 Å². The summed E-state index contributed by atoms with van der Waals surface area (Å²) in [4.78, 5) is 11.5. The molecule has 0 fully saturated rings. The fourth-order valence-electron chi connectivity index (χ4n) is 1.35. The molecule has 0 aromatic heterocycles. The molecule has 3 nitrogen and oxygen atoms in total. The van der Waals surface area contributed by atoms with Crippen LogP contribution in [-0.2, 0) is 21.7 Å². The van der Waals surface area contributed by atoms with E-state index < -0.39 is 17.7 Å². The maximum atomic E-state index is 13.2. The van der Waals surface area contributed by atoms with Gasteiger partial charge in [0.05, 0.1) is 0 Å². The molecule has 0 aliphatic carbocycles. The van der Waals surface area contributed by atoms with Crippen LogP contribution in [0.4, 0.5) is 25.0 Å². The summed E-state index contributed by atoms with van der Waals surface area (Å²) in [5.74, 6) is -1.76. The number of benzene rings is 2. The van der Waals surface area contributed by atoms with E-state index in [0.29, 0.717) is 5.69 Å². The Balaban J connectivity index is 0.00000180. The Labute approximate surface area is 123 Å². The largest absolute Gasteiger partial charge is 0.358 e. The van der Waals surface area contributed by atoms with Gasteiger partial charge in [0.15, 0.2) is 0 Å². The Kier molecular flexibility index (Phi) is 5.67. The van der Waals surface area contributed by atoms with Crippen LogP contribution in [0.1, 0.15) is 0 Å². The fourth-order valence-corrected chi connectivity index (χ4v) is 1.35. The molecule has 19 heavy (non-hydrogen) atoms. The number of carbonyl (C=O) groups excluding carboxylic acids is 1. The fraction of sp³-hybridized carbons (Fsp3) is 0. The van der Waals surface area contributed by atoms with Crippen LogP contribution < -0.4 is 10.6 Å². The first-order chi connectivity index (χ1) is 8.65. The van der Waals surface area contributed by atoms with Crippen molar-refractivity contribution in [2.45, 2.75) is 0 Å². The van der Waals surface area contributed by atoms with Gasteiger partial charge in [0.1, 0.15) is 0 Å². The molecule has 0 bridgehead atoms. The zero-order valence-electron chi connectivity index (χ0n) is 9.71. The second-order valence-corrected chi connectivity index (χ2v) is 3.48. The quantitative estimate of drug-likeness (QED) is 0.647. The average molecular weight is 295 g/mol. The topological polar surface area (TPSA) is 41.1 Å². The summed E-state index contributed by atoms with van der Waals surface area (Å²) in [6, 6.07) is 12.0. The van der Waals surface area contributed by atoms with Crippen molar-refractivity contribution in [3.8, 4) is 0 Å². The zero-order chi connectivity index (χ0) is 13.0. The minimum atomic E-state index is -0.946. The summed E-state index contributed by atoms with van der Waals surface area (Å²) in [5.41, 5.74) is 0.436. The molecule has 2 N–H and O–H groups in total. The monoisotopic (exact) mass is 295 g/mol. The molecule has 0 atom stereocenters. The molecule has 2 amide bonds. The summed E-state index contributed by atoms with van der Waals surface area (Å²) >= 11 is 0. The summed E-state index contributed by atoms with van der Waals surface area (Å²) in [6.45, 7) is 0. The standard InChI is InChI=1S/C13H9F2N2O.Ti/c14-9-6-7-12(11(15)8-9)17-13(18)16-10-4-2-1-3-5-10;/h1-7H,(H2,16,17,18);/q-1;. The number of rotatable bonds is 2. The third-order valence-electron chi connectivity index (χ3n) is 2.14. The van der Waals surface area contributed by atoms with Gasteiger partial charge in [-0.15, -0.1) is 18.2 Å².